The van der Waals surface area contributed by atoms with Gasteiger partial charge in [-0.15, -0.1) is 0 Å². The second-order valence-electron chi connectivity index (χ2n) is 5.87. The molecular weight excluding hydrogens is 321 g/mol. The van der Waals surface area contributed by atoms with Crippen molar-refractivity contribution in [1.29, 1.82) is 0 Å². The van der Waals surface area contributed by atoms with E-state index < -0.39 is 17.2 Å². The average molecular weight is 339 g/mol. The number of benzene rings is 2. The van der Waals surface area contributed by atoms with Crippen LogP contribution in [0.5, 0.6) is 0 Å². The van der Waals surface area contributed by atoms with Crippen molar-refractivity contribution in [1.82, 2.24) is 4.57 Å². The van der Waals surface area contributed by atoms with Crippen LogP contribution in [0.1, 0.15) is 28.4 Å². The average Bonchev–Trinajstić information content (AvgIpc) is 2.59. The smallest absolute Gasteiger partial charge is 0.343 e. The lowest BCUT2D eigenvalue weighted by Gasteiger charge is -2.13. The summed E-state index contributed by atoms with van der Waals surface area (Å²) in [5.74, 6) is -1.22. The number of hydrogen-bond acceptors (Lipinski definition) is 3. The Morgan fingerprint density at radius 1 is 1.16 bits per heavy atom. The lowest BCUT2D eigenvalue weighted by molar-refractivity contribution is 0.0524. The normalized spacial score (nSPS) is 10.8. The number of rotatable bonds is 4. The highest BCUT2D eigenvalue weighted by Crippen LogP contribution is 2.16. The predicted octanol–water partition coefficient (Wildman–Crippen LogP) is 3.67. The maximum atomic E-state index is 13.6. The Morgan fingerprint density at radius 3 is 2.56 bits per heavy atom. The molecule has 0 aliphatic heterocycles. The van der Waals surface area contributed by atoms with E-state index in [1.165, 1.54) is 12.3 Å². The molecule has 128 valence electrons. The van der Waals surface area contributed by atoms with Gasteiger partial charge in [0, 0.05) is 18.1 Å². The van der Waals surface area contributed by atoms with Gasteiger partial charge < -0.3 is 9.30 Å². The summed E-state index contributed by atoms with van der Waals surface area (Å²) >= 11 is 0. The molecule has 25 heavy (non-hydrogen) atoms. The highest BCUT2D eigenvalue weighted by molar-refractivity contribution is 5.93. The molecule has 0 unspecified atom stereocenters. The Labute approximate surface area is 144 Å². The van der Waals surface area contributed by atoms with Crippen LogP contribution < -0.4 is 5.43 Å². The minimum Gasteiger partial charge on any atom is -0.462 e. The quantitative estimate of drug-likeness (QED) is 0.681. The van der Waals surface area contributed by atoms with E-state index in [0.29, 0.717) is 12.1 Å². The molecule has 0 saturated heterocycles. The second kappa shape index (κ2) is 6.89. The summed E-state index contributed by atoms with van der Waals surface area (Å²) in [6.07, 6.45) is 1.49. The standard InChI is InChI=1S/C20H18FNO3/c1-3-25-20(24)17-12-22(11-14-6-4-13(2)5-7-14)18-9-8-15(21)10-16(18)19(17)23/h4-10,12H,3,11H2,1-2H3. The Bertz CT molecular complexity index is 990. The van der Waals surface area contributed by atoms with E-state index in [1.807, 2.05) is 31.2 Å². The number of pyridine rings is 1. The third-order valence-electron chi connectivity index (χ3n) is 4.01. The van der Waals surface area contributed by atoms with Gasteiger partial charge in [0.15, 0.2) is 0 Å². The number of halogens is 1. The zero-order valence-corrected chi connectivity index (χ0v) is 14.1. The van der Waals surface area contributed by atoms with Crippen molar-refractivity contribution in [2.24, 2.45) is 0 Å². The van der Waals surface area contributed by atoms with Gasteiger partial charge in [-0.25, -0.2) is 9.18 Å². The van der Waals surface area contributed by atoms with Gasteiger partial charge in [-0.2, -0.15) is 0 Å². The molecule has 3 aromatic rings. The van der Waals surface area contributed by atoms with Crippen LogP contribution in [0, 0.1) is 12.7 Å². The largest absolute Gasteiger partial charge is 0.462 e. The zero-order valence-electron chi connectivity index (χ0n) is 14.1. The van der Waals surface area contributed by atoms with E-state index in [9.17, 15) is 14.0 Å². The molecule has 0 saturated carbocycles. The highest BCUT2D eigenvalue weighted by atomic mass is 19.1. The third kappa shape index (κ3) is 3.45. The second-order valence-corrected chi connectivity index (χ2v) is 5.87. The Balaban J connectivity index is 2.18. The minimum atomic E-state index is -0.698. The Kier molecular flexibility index (Phi) is 4.65. The van der Waals surface area contributed by atoms with Crippen molar-refractivity contribution in [3.63, 3.8) is 0 Å². The number of esters is 1. The van der Waals surface area contributed by atoms with E-state index in [0.717, 1.165) is 17.2 Å². The van der Waals surface area contributed by atoms with Crippen molar-refractivity contribution in [3.8, 4) is 0 Å². The molecule has 2 aromatic carbocycles. The van der Waals surface area contributed by atoms with Crippen LogP contribution in [0.4, 0.5) is 4.39 Å². The number of nitrogens with zero attached hydrogens (tertiary/aromatic N) is 1. The fraction of sp³-hybridized carbons (Fsp3) is 0.200. The molecule has 0 amide bonds. The van der Waals surface area contributed by atoms with Crippen LogP contribution in [-0.4, -0.2) is 17.1 Å². The molecule has 0 aliphatic carbocycles. The SMILES string of the molecule is CCOC(=O)c1cn(Cc2ccc(C)cc2)c2ccc(F)cc2c1=O. The van der Waals surface area contributed by atoms with Crippen LogP contribution >= 0.6 is 0 Å². The third-order valence-corrected chi connectivity index (χ3v) is 4.01. The van der Waals surface area contributed by atoms with Crippen molar-refractivity contribution in [3.05, 3.63) is 81.4 Å². The Hall–Kier alpha value is -2.95. The van der Waals surface area contributed by atoms with Crippen LogP contribution in [0.15, 0.2) is 53.5 Å². The van der Waals surface area contributed by atoms with Crippen LogP contribution in [0.2, 0.25) is 0 Å². The summed E-state index contributed by atoms with van der Waals surface area (Å²) in [5.41, 5.74) is 2.11. The van der Waals surface area contributed by atoms with Gasteiger partial charge in [-0.3, -0.25) is 4.79 Å². The number of aryl methyl sites for hydroxylation is 1. The first kappa shape index (κ1) is 16.9. The number of hydrogen-bond donors (Lipinski definition) is 0. The van der Waals surface area contributed by atoms with E-state index in [4.69, 9.17) is 4.74 Å². The minimum absolute atomic E-state index is 0.0907. The van der Waals surface area contributed by atoms with Gasteiger partial charge in [0.2, 0.25) is 5.43 Å². The molecule has 1 heterocycles. The maximum absolute atomic E-state index is 13.6. The molecule has 0 atom stereocenters. The summed E-state index contributed by atoms with van der Waals surface area (Å²) in [6, 6.07) is 12.0. The molecule has 0 bridgehead atoms. The van der Waals surface area contributed by atoms with Gasteiger partial charge in [0.1, 0.15) is 11.4 Å². The first-order chi connectivity index (χ1) is 12.0. The van der Waals surface area contributed by atoms with Crippen LogP contribution in [-0.2, 0) is 11.3 Å². The topological polar surface area (TPSA) is 48.3 Å². The summed E-state index contributed by atoms with van der Waals surface area (Å²) < 4.78 is 20.4. The summed E-state index contributed by atoms with van der Waals surface area (Å²) in [7, 11) is 0. The van der Waals surface area contributed by atoms with Gasteiger partial charge in [-0.05, 0) is 37.6 Å². The highest BCUT2D eigenvalue weighted by Gasteiger charge is 2.17. The fourth-order valence-corrected chi connectivity index (χ4v) is 2.74. The maximum Gasteiger partial charge on any atom is 0.343 e. The van der Waals surface area contributed by atoms with E-state index in [2.05, 4.69) is 0 Å². The number of fused-ring (bicyclic) bond motifs is 1. The number of carbonyl (C=O) groups is 1. The van der Waals surface area contributed by atoms with Crippen molar-refractivity contribution in [2.75, 3.05) is 6.61 Å². The Morgan fingerprint density at radius 2 is 1.88 bits per heavy atom. The number of ether oxygens (including phenoxy) is 1. The molecular formula is C20H18FNO3. The zero-order chi connectivity index (χ0) is 18.0. The van der Waals surface area contributed by atoms with E-state index in [-0.39, 0.29) is 17.6 Å². The predicted molar refractivity (Wildman–Crippen MR) is 94.4 cm³/mol. The van der Waals surface area contributed by atoms with Crippen LogP contribution in [0.25, 0.3) is 10.9 Å². The summed E-state index contributed by atoms with van der Waals surface area (Å²) in [5, 5.41) is 0.165. The van der Waals surface area contributed by atoms with Gasteiger partial charge in [0.25, 0.3) is 0 Å². The molecule has 1 aromatic heterocycles. The first-order valence-electron chi connectivity index (χ1n) is 8.05. The van der Waals surface area contributed by atoms with E-state index in [1.54, 1.807) is 17.6 Å². The van der Waals surface area contributed by atoms with E-state index >= 15 is 0 Å². The lowest BCUT2D eigenvalue weighted by Crippen LogP contribution is -2.21. The summed E-state index contributed by atoms with van der Waals surface area (Å²) in [6.45, 7) is 4.29. The number of carbonyl (C=O) groups excluding carboxylic acids is 1. The molecule has 0 radical (unpaired) electrons. The molecule has 0 N–H and O–H groups in total. The van der Waals surface area contributed by atoms with Crippen molar-refractivity contribution in [2.45, 2.75) is 20.4 Å². The molecule has 0 fully saturated rings. The van der Waals surface area contributed by atoms with Gasteiger partial charge in [-0.1, -0.05) is 29.8 Å². The molecule has 4 nitrogen and oxygen atoms in total. The van der Waals surface area contributed by atoms with Crippen molar-refractivity contribution < 1.29 is 13.9 Å². The monoisotopic (exact) mass is 339 g/mol. The molecule has 0 aliphatic rings. The molecule has 3 rings (SSSR count). The fourth-order valence-electron chi connectivity index (χ4n) is 2.74. The van der Waals surface area contributed by atoms with Crippen molar-refractivity contribution >= 4 is 16.9 Å². The van der Waals surface area contributed by atoms with Gasteiger partial charge in [0.05, 0.1) is 12.1 Å². The molecule has 5 heteroatoms. The number of aromatic nitrogens is 1. The molecule has 0 spiro atoms. The van der Waals surface area contributed by atoms with Crippen LogP contribution in [0.3, 0.4) is 0 Å². The summed E-state index contributed by atoms with van der Waals surface area (Å²) in [4.78, 5) is 24.7. The first-order valence-corrected chi connectivity index (χ1v) is 8.05. The lowest BCUT2D eigenvalue weighted by atomic mass is 10.1. The van der Waals surface area contributed by atoms with Gasteiger partial charge >= 0.3 is 5.97 Å².